The third-order valence-corrected chi connectivity index (χ3v) is 1.60. The molecule has 114 valence electrons. The number of esters is 2. The minimum absolute atomic E-state index is 0.435. The van der Waals surface area contributed by atoms with Crippen LogP contribution in [-0.2, 0) is 28.7 Å². The van der Waals surface area contributed by atoms with Crippen molar-refractivity contribution in [3.8, 4) is 0 Å². The average Bonchev–Trinajstić information content (AvgIpc) is 2.23. The van der Waals surface area contributed by atoms with Gasteiger partial charge in [0.15, 0.2) is 0 Å². The molecule has 0 N–H and O–H groups in total. The van der Waals surface area contributed by atoms with E-state index >= 15 is 0 Å². The van der Waals surface area contributed by atoms with Gasteiger partial charge in [0.05, 0.1) is 12.8 Å². The van der Waals surface area contributed by atoms with Gasteiger partial charge >= 0.3 is 11.9 Å². The second kappa shape index (κ2) is 8.44. The van der Waals surface area contributed by atoms with Crippen LogP contribution in [0.15, 0.2) is 0 Å². The van der Waals surface area contributed by atoms with Gasteiger partial charge in [-0.1, -0.05) is 0 Å². The maximum absolute atomic E-state index is 11.1. The van der Waals surface area contributed by atoms with Gasteiger partial charge in [-0.2, -0.15) is 0 Å². The molecule has 0 radical (unpaired) electrons. The number of rotatable bonds is 9. The van der Waals surface area contributed by atoms with E-state index in [0.29, 0.717) is 0 Å². The summed E-state index contributed by atoms with van der Waals surface area (Å²) in [6.45, 7) is 2.23. The molecule has 0 heterocycles. The summed E-state index contributed by atoms with van der Waals surface area (Å²) in [5.74, 6) is -1.86. The summed E-state index contributed by atoms with van der Waals surface area (Å²) in [6, 6.07) is 0. The van der Waals surface area contributed by atoms with Gasteiger partial charge in [-0.05, 0) is 13.8 Å². The number of hydrogen-bond acceptors (Lipinski definition) is 10. The lowest BCUT2D eigenvalue weighted by Gasteiger charge is -2.12. The van der Waals surface area contributed by atoms with E-state index in [1.807, 2.05) is 0 Å². The smallest absolute Gasteiger partial charge is 0.308 e. The van der Waals surface area contributed by atoms with Crippen molar-refractivity contribution in [3.63, 3.8) is 0 Å². The van der Waals surface area contributed by atoms with Gasteiger partial charge in [0.25, 0.3) is 10.2 Å². The summed E-state index contributed by atoms with van der Waals surface area (Å²) in [5.41, 5.74) is 0. The van der Waals surface area contributed by atoms with Gasteiger partial charge in [0.1, 0.15) is 0 Å². The Morgan fingerprint density at radius 1 is 0.900 bits per heavy atom. The van der Waals surface area contributed by atoms with E-state index in [2.05, 4.69) is 19.1 Å². The second-order valence-electron chi connectivity index (χ2n) is 3.27. The van der Waals surface area contributed by atoms with E-state index in [9.17, 15) is 29.8 Å². The van der Waals surface area contributed by atoms with E-state index in [4.69, 9.17) is 0 Å². The van der Waals surface area contributed by atoms with Crippen molar-refractivity contribution in [1.29, 1.82) is 0 Å². The molecule has 0 aromatic rings. The molecule has 0 aromatic carbocycles. The van der Waals surface area contributed by atoms with Gasteiger partial charge in [-0.25, -0.2) is 0 Å². The molecular weight excluding hydrogens is 284 g/mol. The molecule has 0 aliphatic carbocycles. The molecular formula is C8H12N2O10. The van der Waals surface area contributed by atoms with E-state index in [1.54, 1.807) is 0 Å². The van der Waals surface area contributed by atoms with Crippen molar-refractivity contribution in [1.82, 2.24) is 0 Å². The Morgan fingerprint density at radius 3 is 1.45 bits per heavy atom. The Bertz CT molecular complexity index is 347. The molecule has 2 atom stereocenters. The standard InChI is InChI=1S/C8H12N2O10/c1-5(19-9(13)14)17-7(11)3-4-8(12)18-6(2)20-10(15)16/h5-6H,3-4H2,1-2H3. The minimum atomic E-state index is -1.41. The second-order valence-corrected chi connectivity index (χ2v) is 3.27. The molecule has 0 saturated carbocycles. The van der Waals surface area contributed by atoms with Crippen molar-refractivity contribution in [3.05, 3.63) is 20.2 Å². The molecule has 0 amide bonds. The highest BCUT2D eigenvalue weighted by atomic mass is 17.0. The maximum atomic E-state index is 11.1. The normalized spacial score (nSPS) is 12.7. The number of hydrogen-bond donors (Lipinski definition) is 0. The fourth-order valence-electron chi connectivity index (χ4n) is 0.978. The Hall–Kier alpha value is -2.66. The predicted molar refractivity (Wildman–Crippen MR) is 56.5 cm³/mol. The molecule has 0 aliphatic rings. The van der Waals surface area contributed by atoms with E-state index in [0.717, 1.165) is 13.8 Å². The molecule has 0 rings (SSSR count). The Morgan fingerprint density at radius 2 is 1.20 bits per heavy atom. The third-order valence-electron chi connectivity index (χ3n) is 1.60. The zero-order valence-electron chi connectivity index (χ0n) is 10.5. The highest BCUT2D eigenvalue weighted by Crippen LogP contribution is 2.03. The van der Waals surface area contributed by atoms with Crippen molar-refractivity contribution in [2.75, 3.05) is 0 Å². The fraction of sp³-hybridized carbons (Fsp3) is 0.750. The summed E-state index contributed by atoms with van der Waals surface area (Å²) >= 11 is 0. The first-order valence-electron chi connectivity index (χ1n) is 5.22. The topological polar surface area (TPSA) is 157 Å². The molecule has 2 unspecified atom stereocenters. The van der Waals surface area contributed by atoms with Crippen LogP contribution in [0.1, 0.15) is 26.7 Å². The van der Waals surface area contributed by atoms with Crippen LogP contribution in [-0.4, -0.2) is 34.7 Å². The van der Waals surface area contributed by atoms with Crippen LogP contribution < -0.4 is 0 Å². The molecule has 12 nitrogen and oxygen atoms in total. The lowest BCUT2D eigenvalue weighted by molar-refractivity contribution is -0.777. The number of ether oxygens (including phenoxy) is 2. The summed E-state index contributed by atoms with van der Waals surface area (Å²) in [6.07, 6.45) is -3.69. The first kappa shape index (κ1) is 17.3. The van der Waals surface area contributed by atoms with Gasteiger partial charge < -0.3 is 9.47 Å². The summed E-state index contributed by atoms with van der Waals surface area (Å²) < 4.78 is 8.86. The lowest BCUT2D eigenvalue weighted by atomic mass is 10.3. The van der Waals surface area contributed by atoms with Crippen molar-refractivity contribution in [2.45, 2.75) is 39.3 Å². The van der Waals surface area contributed by atoms with Crippen LogP contribution in [0.5, 0.6) is 0 Å². The number of carbonyl (C=O) groups is 2. The molecule has 0 bridgehead atoms. The monoisotopic (exact) mass is 296 g/mol. The Labute approximate surface area is 111 Å². The molecule has 0 saturated heterocycles. The molecule has 0 fully saturated rings. The fourth-order valence-corrected chi connectivity index (χ4v) is 0.978. The Balaban J connectivity index is 3.91. The quantitative estimate of drug-likeness (QED) is 0.244. The van der Waals surface area contributed by atoms with Crippen LogP contribution in [0.25, 0.3) is 0 Å². The Kier molecular flexibility index (Phi) is 7.32. The minimum Gasteiger partial charge on any atom is -0.435 e. The first-order valence-corrected chi connectivity index (χ1v) is 5.22. The van der Waals surface area contributed by atoms with Crippen LogP contribution in [0.3, 0.4) is 0 Å². The van der Waals surface area contributed by atoms with E-state index in [1.165, 1.54) is 0 Å². The maximum Gasteiger partial charge on any atom is 0.308 e. The first-order chi connectivity index (χ1) is 9.20. The molecule has 12 heteroatoms. The van der Waals surface area contributed by atoms with Gasteiger partial charge in [0, 0.05) is 0 Å². The zero-order chi connectivity index (χ0) is 15.7. The predicted octanol–water partition coefficient (Wildman–Crippen LogP) is -0.0384. The largest absolute Gasteiger partial charge is 0.435 e. The van der Waals surface area contributed by atoms with E-state index < -0.39 is 47.5 Å². The molecule has 0 aliphatic heterocycles. The highest BCUT2D eigenvalue weighted by molar-refractivity contribution is 5.77. The van der Waals surface area contributed by atoms with Crippen LogP contribution in [0.2, 0.25) is 0 Å². The van der Waals surface area contributed by atoms with E-state index in [-0.39, 0.29) is 0 Å². The zero-order valence-corrected chi connectivity index (χ0v) is 10.5. The van der Waals surface area contributed by atoms with Crippen molar-refractivity contribution in [2.24, 2.45) is 0 Å². The van der Waals surface area contributed by atoms with Gasteiger partial charge in [-0.15, -0.1) is 20.2 Å². The summed E-state index contributed by atoms with van der Waals surface area (Å²) in [7, 11) is 0. The lowest BCUT2D eigenvalue weighted by Crippen LogP contribution is -2.23. The molecule has 20 heavy (non-hydrogen) atoms. The van der Waals surface area contributed by atoms with Crippen LogP contribution in [0.4, 0.5) is 0 Å². The highest BCUT2D eigenvalue weighted by Gasteiger charge is 2.17. The third kappa shape index (κ3) is 9.38. The summed E-state index contributed by atoms with van der Waals surface area (Å²) in [4.78, 5) is 49.9. The van der Waals surface area contributed by atoms with Gasteiger partial charge in [-0.3, -0.25) is 19.3 Å². The van der Waals surface area contributed by atoms with Crippen LogP contribution in [0, 0.1) is 20.2 Å². The number of nitrogens with zero attached hydrogens (tertiary/aromatic N) is 2. The molecule has 0 spiro atoms. The van der Waals surface area contributed by atoms with Crippen LogP contribution >= 0.6 is 0 Å². The molecule has 0 aromatic heterocycles. The SMILES string of the molecule is CC(OC(=O)CCC(=O)OC(C)O[N+](=O)[O-])O[N+](=O)[O-]. The average molecular weight is 296 g/mol. The van der Waals surface area contributed by atoms with Crippen molar-refractivity contribution >= 4 is 11.9 Å². The summed E-state index contributed by atoms with van der Waals surface area (Å²) in [5, 5.41) is 17.6. The van der Waals surface area contributed by atoms with Crippen molar-refractivity contribution < 1.29 is 38.9 Å². The number of carbonyl (C=O) groups excluding carboxylic acids is 2. The van der Waals surface area contributed by atoms with Gasteiger partial charge in [0.2, 0.25) is 12.6 Å².